The van der Waals surface area contributed by atoms with Gasteiger partial charge in [0.15, 0.2) is 0 Å². The van der Waals surface area contributed by atoms with Crippen LogP contribution in [0.5, 0.6) is 0 Å². The predicted octanol–water partition coefficient (Wildman–Crippen LogP) is 3.51. The van der Waals surface area contributed by atoms with Crippen LogP contribution in [0, 0.1) is 5.82 Å². The minimum Gasteiger partial charge on any atom is -0.443 e. The second-order valence-electron chi connectivity index (χ2n) is 6.82. The molecule has 27 heavy (non-hydrogen) atoms. The van der Waals surface area contributed by atoms with Gasteiger partial charge in [0.05, 0.1) is 6.20 Å². The van der Waals surface area contributed by atoms with Crippen molar-refractivity contribution < 1.29 is 13.6 Å². The summed E-state index contributed by atoms with van der Waals surface area (Å²) in [5.41, 5.74) is 1.51. The molecule has 1 aliphatic heterocycles. The van der Waals surface area contributed by atoms with Crippen molar-refractivity contribution >= 4 is 5.91 Å². The molecule has 0 bridgehead atoms. The second-order valence-corrected chi connectivity index (χ2v) is 6.82. The van der Waals surface area contributed by atoms with Crippen LogP contribution in [0.2, 0.25) is 0 Å². The Kier molecular flexibility index (Phi) is 4.75. The fourth-order valence-electron chi connectivity index (χ4n) is 3.52. The highest BCUT2D eigenvalue weighted by molar-refractivity contribution is 5.92. The Bertz CT molecular complexity index is 932. The topological polar surface area (TPSA) is 64.2 Å². The normalized spacial score (nSPS) is 17.3. The molecule has 4 rings (SSSR count). The molecule has 1 aromatic carbocycles. The van der Waals surface area contributed by atoms with Crippen molar-refractivity contribution in [1.29, 1.82) is 0 Å². The van der Waals surface area contributed by atoms with E-state index in [0.717, 1.165) is 24.8 Å². The molecule has 0 aliphatic carbocycles. The monoisotopic (exact) mass is 368 g/mol. The first kappa shape index (κ1) is 17.5. The number of oxazole rings is 1. The van der Waals surface area contributed by atoms with E-state index >= 15 is 0 Å². The lowest BCUT2D eigenvalue weighted by Crippen LogP contribution is -2.39. The molecule has 7 heteroatoms. The van der Waals surface area contributed by atoms with Gasteiger partial charge in [-0.15, -0.1) is 0 Å². The summed E-state index contributed by atoms with van der Waals surface area (Å²) in [5, 5.41) is 4.09. The maximum absolute atomic E-state index is 13.1. The number of piperidine rings is 1. The zero-order valence-electron chi connectivity index (χ0n) is 15.1. The molecule has 1 saturated heterocycles. The van der Waals surface area contributed by atoms with E-state index in [1.165, 1.54) is 12.1 Å². The van der Waals surface area contributed by atoms with Crippen LogP contribution in [0.3, 0.4) is 0 Å². The van der Waals surface area contributed by atoms with E-state index < -0.39 is 0 Å². The van der Waals surface area contributed by atoms with E-state index in [0.29, 0.717) is 30.3 Å². The summed E-state index contributed by atoms with van der Waals surface area (Å²) < 4.78 is 20.6. The largest absolute Gasteiger partial charge is 0.443 e. The zero-order chi connectivity index (χ0) is 18.8. The summed E-state index contributed by atoms with van der Waals surface area (Å²) in [6.45, 7) is 0.671. The Balaban J connectivity index is 1.54. The maximum atomic E-state index is 13.1. The average Bonchev–Trinajstić information content (AvgIpc) is 3.32. The van der Waals surface area contributed by atoms with Crippen molar-refractivity contribution in [3.63, 3.8) is 0 Å². The van der Waals surface area contributed by atoms with Crippen LogP contribution in [0.15, 0.2) is 47.1 Å². The zero-order valence-corrected chi connectivity index (χ0v) is 15.1. The van der Waals surface area contributed by atoms with Crippen LogP contribution in [0.25, 0.3) is 0 Å². The number of likely N-dealkylation sites (tertiary alicyclic amines) is 1. The van der Waals surface area contributed by atoms with Crippen molar-refractivity contribution in [2.24, 2.45) is 7.05 Å². The van der Waals surface area contributed by atoms with Gasteiger partial charge < -0.3 is 9.32 Å². The van der Waals surface area contributed by atoms with Gasteiger partial charge in [0.1, 0.15) is 23.3 Å². The number of hydrogen-bond acceptors (Lipinski definition) is 4. The van der Waals surface area contributed by atoms with E-state index in [1.54, 1.807) is 42.3 Å². The lowest BCUT2D eigenvalue weighted by Gasteiger charge is -2.33. The van der Waals surface area contributed by atoms with Gasteiger partial charge in [-0.25, -0.2) is 9.37 Å². The van der Waals surface area contributed by atoms with Crippen LogP contribution in [0.1, 0.15) is 53.0 Å². The van der Waals surface area contributed by atoms with Crippen molar-refractivity contribution in [2.75, 3.05) is 6.54 Å². The second kappa shape index (κ2) is 7.34. The molecule has 140 valence electrons. The van der Waals surface area contributed by atoms with Gasteiger partial charge in [-0.05, 0) is 43.0 Å². The van der Waals surface area contributed by atoms with Gasteiger partial charge in [0.2, 0.25) is 5.89 Å². The number of aryl methyl sites for hydroxylation is 1. The SMILES string of the molecule is Cn1nccc1C(=O)N1CCCCC1c1ncc(Cc2ccc(F)cc2)o1. The summed E-state index contributed by atoms with van der Waals surface area (Å²) in [6.07, 6.45) is 6.66. The Morgan fingerprint density at radius 3 is 2.81 bits per heavy atom. The molecule has 1 aliphatic rings. The molecule has 2 aromatic heterocycles. The number of carbonyl (C=O) groups is 1. The third-order valence-electron chi connectivity index (χ3n) is 4.95. The molecule has 0 radical (unpaired) electrons. The predicted molar refractivity (Wildman–Crippen MR) is 96.5 cm³/mol. The van der Waals surface area contributed by atoms with Crippen molar-refractivity contribution in [1.82, 2.24) is 19.7 Å². The maximum Gasteiger partial charge on any atom is 0.272 e. The average molecular weight is 368 g/mol. The molecule has 0 N–H and O–H groups in total. The molecule has 0 saturated carbocycles. The smallest absolute Gasteiger partial charge is 0.272 e. The van der Waals surface area contributed by atoms with E-state index in [-0.39, 0.29) is 17.8 Å². The third-order valence-corrected chi connectivity index (χ3v) is 4.95. The summed E-state index contributed by atoms with van der Waals surface area (Å²) in [4.78, 5) is 19.2. The number of carbonyl (C=O) groups excluding carboxylic acids is 1. The molecule has 3 heterocycles. The molecule has 1 unspecified atom stereocenters. The minimum absolute atomic E-state index is 0.0574. The highest BCUT2D eigenvalue weighted by atomic mass is 19.1. The van der Waals surface area contributed by atoms with Gasteiger partial charge in [-0.1, -0.05) is 12.1 Å². The number of benzene rings is 1. The molecular formula is C20H21FN4O2. The van der Waals surface area contributed by atoms with Crippen LogP contribution in [-0.4, -0.2) is 32.1 Å². The molecular weight excluding hydrogens is 347 g/mol. The van der Waals surface area contributed by atoms with Crippen molar-refractivity contribution in [3.05, 3.63) is 71.5 Å². The molecule has 0 spiro atoms. The number of hydrogen-bond donors (Lipinski definition) is 0. The Labute approximate surface area is 156 Å². The Morgan fingerprint density at radius 2 is 2.07 bits per heavy atom. The summed E-state index contributed by atoms with van der Waals surface area (Å²) in [7, 11) is 1.76. The number of amides is 1. The van der Waals surface area contributed by atoms with Crippen LogP contribution in [0.4, 0.5) is 4.39 Å². The summed E-state index contributed by atoms with van der Waals surface area (Å²) in [6, 6.07) is 7.88. The minimum atomic E-state index is -0.261. The van der Waals surface area contributed by atoms with Gasteiger partial charge >= 0.3 is 0 Å². The first-order valence-corrected chi connectivity index (χ1v) is 9.10. The first-order valence-electron chi connectivity index (χ1n) is 9.10. The van der Waals surface area contributed by atoms with Crippen LogP contribution < -0.4 is 0 Å². The molecule has 1 amide bonds. The van der Waals surface area contributed by atoms with E-state index in [2.05, 4.69) is 10.1 Å². The summed E-state index contributed by atoms with van der Waals surface area (Å²) >= 11 is 0. The van der Waals surface area contributed by atoms with E-state index in [1.807, 2.05) is 4.90 Å². The fourth-order valence-corrected chi connectivity index (χ4v) is 3.52. The molecule has 1 atom stereocenters. The number of nitrogens with zero attached hydrogens (tertiary/aromatic N) is 4. The first-order chi connectivity index (χ1) is 13.1. The molecule has 1 fully saturated rings. The standard InChI is InChI=1S/C20H21FN4O2/c1-24-18(9-10-23-24)20(26)25-11-3-2-4-17(25)19-22-13-16(27-19)12-14-5-7-15(21)8-6-14/h5-10,13,17H,2-4,11-12H2,1H3. The van der Waals surface area contributed by atoms with Crippen molar-refractivity contribution in [2.45, 2.75) is 31.7 Å². The quantitative estimate of drug-likeness (QED) is 0.707. The fraction of sp³-hybridized carbons (Fsp3) is 0.350. The van der Waals surface area contributed by atoms with Gasteiger partial charge in [0.25, 0.3) is 5.91 Å². The van der Waals surface area contributed by atoms with Gasteiger partial charge in [-0.3, -0.25) is 9.48 Å². The number of halogens is 1. The Hall–Kier alpha value is -2.96. The molecule has 6 nitrogen and oxygen atoms in total. The number of aromatic nitrogens is 3. The van der Waals surface area contributed by atoms with Crippen molar-refractivity contribution in [3.8, 4) is 0 Å². The van der Waals surface area contributed by atoms with Crippen LogP contribution in [-0.2, 0) is 13.5 Å². The number of rotatable bonds is 4. The van der Waals surface area contributed by atoms with E-state index in [9.17, 15) is 9.18 Å². The van der Waals surface area contributed by atoms with Crippen LogP contribution >= 0.6 is 0 Å². The highest BCUT2D eigenvalue weighted by Crippen LogP contribution is 2.32. The lowest BCUT2D eigenvalue weighted by molar-refractivity contribution is 0.0558. The lowest BCUT2D eigenvalue weighted by atomic mass is 10.0. The summed E-state index contributed by atoms with van der Waals surface area (Å²) in [5.74, 6) is 0.943. The Morgan fingerprint density at radius 1 is 1.26 bits per heavy atom. The highest BCUT2D eigenvalue weighted by Gasteiger charge is 2.33. The third kappa shape index (κ3) is 3.63. The van der Waals surface area contributed by atoms with Gasteiger partial charge in [0, 0.05) is 26.2 Å². The molecule has 3 aromatic rings. The van der Waals surface area contributed by atoms with Gasteiger partial charge in [-0.2, -0.15) is 5.10 Å². The van der Waals surface area contributed by atoms with E-state index in [4.69, 9.17) is 4.42 Å².